The standard InChI is InChI=1S/C15H21BrN4/c1-18(2)6-7-19-8-10-20(11-9-19)15-5-3-4-14(16)13(15)12-17/h3-5H,6-11H2,1-2H3. The van der Waals surface area contributed by atoms with E-state index in [1.165, 1.54) is 0 Å². The number of benzene rings is 1. The molecule has 5 heteroatoms. The Morgan fingerprint density at radius 1 is 1.25 bits per heavy atom. The predicted molar refractivity (Wildman–Crippen MR) is 86.1 cm³/mol. The summed E-state index contributed by atoms with van der Waals surface area (Å²) in [6.07, 6.45) is 0. The summed E-state index contributed by atoms with van der Waals surface area (Å²) in [4.78, 5) is 7.02. The van der Waals surface area contributed by atoms with Crippen molar-refractivity contribution in [3.05, 3.63) is 28.2 Å². The molecule has 0 unspecified atom stereocenters. The molecule has 1 aromatic rings. The van der Waals surface area contributed by atoms with E-state index in [1.54, 1.807) is 0 Å². The van der Waals surface area contributed by atoms with Gasteiger partial charge in [0.25, 0.3) is 0 Å². The number of piperazine rings is 1. The molecule has 0 aromatic heterocycles. The molecule has 1 heterocycles. The molecule has 4 nitrogen and oxygen atoms in total. The fourth-order valence-electron chi connectivity index (χ4n) is 2.44. The van der Waals surface area contributed by atoms with Crippen LogP contribution < -0.4 is 4.90 Å². The van der Waals surface area contributed by atoms with E-state index < -0.39 is 0 Å². The average molecular weight is 337 g/mol. The Hall–Kier alpha value is -1.09. The van der Waals surface area contributed by atoms with Crippen LogP contribution in [0.1, 0.15) is 5.56 Å². The molecule has 1 aromatic carbocycles. The predicted octanol–water partition coefficient (Wildman–Crippen LogP) is 2.00. The number of likely N-dealkylation sites (N-methyl/N-ethyl adjacent to an activating group) is 1. The number of halogens is 1. The maximum Gasteiger partial charge on any atom is 0.103 e. The zero-order valence-electron chi connectivity index (χ0n) is 12.1. The Labute approximate surface area is 129 Å². The van der Waals surface area contributed by atoms with Crippen LogP contribution in [0.25, 0.3) is 0 Å². The zero-order valence-corrected chi connectivity index (χ0v) is 13.7. The minimum Gasteiger partial charge on any atom is -0.368 e. The summed E-state index contributed by atoms with van der Waals surface area (Å²) < 4.78 is 0.882. The fourth-order valence-corrected chi connectivity index (χ4v) is 2.89. The molecule has 20 heavy (non-hydrogen) atoms. The second kappa shape index (κ2) is 7.07. The van der Waals surface area contributed by atoms with Crippen LogP contribution in [0.15, 0.2) is 22.7 Å². The first-order chi connectivity index (χ1) is 9.61. The summed E-state index contributed by atoms with van der Waals surface area (Å²) >= 11 is 3.46. The van der Waals surface area contributed by atoms with Crippen molar-refractivity contribution in [2.75, 3.05) is 58.3 Å². The molecule has 2 rings (SSSR count). The molecule has 1 aliphatic heterocycles. The molecule has 1 aliphatic rings. The second-order valence-electron chi connectivity index (χ2n) is 5.38. The molecule has 0 N–H and O–H groups in total. The molecule has 1 fully saturated rings. The topological polar surface area (TPSA) is 33.5 Å². The van der Waals surface area contributed by atoms with E-state index >= 15 is 0 Å². The summed E-state index contributed by atoms with van der Waals surface area (Å²) in [6, 6.07) is 8.27. The van der Waals surface area contributed by atoms with E-state index in [0.717, 1.165) is 55.0 Å². The van der Waals surface area contributed by atoms with E-state index in [0.29, 0.717) is 0 Å². The molecule has 1 saturated heterocycles. The van der Waals surface area contributed by atoms with Crippen molar-refractivity contribution >= 4 is 21.6 Å². The first-order valence-electron chi connectivity index (χ1n) is 6.92. The smallest absolute Gasteiger partial charge is 0.103 e. The largest absolute Gasteiger partial charge is 0.368 e. The van der Waals surface area contributed by atoms with Gasteiger partial charge in [0.15, 0.2) is 0 Å². The normalized spacial score (nSPS) is 16.4. The van der Waals surface area contributed by atoms with Crippen LogP contribution in [0.4, 0.5) is 5.69 Å². The van der Waals surface area contributed by atoms with Crippen molar-refractivity contribution in [2.24, 2.45) is 0 Å². The summed E-state index contributed by atoms with van der Waals surface area (Å²) in [5.74, 6) is 0. The van der Waals surface area contributed by atoms with Crippen LogP contribution in [0, 0.1) is 11.3 Å². The highest BCUT2D eigenvalue weighted by molar-refractivity contribution is 9.10. The summed E-state index contributed by atoms with van der Waals surface area (Å²) in [7, 11) is 4.22. The molecule has 0 bridgehead atoms. The van der Waals surface area contributed by atoms with Crippen molar-refractivity contribution in [2.45, 2.75) is 0 Å². The minimum atomic E-state index is 0.745. The fraction of sp³-hybridized carbons (Fsp3) is 0.533. The van der Waals surface area contributed by atoms with Gasteiger partial charge in [0, 0.05) is 43.7 Å². The molecule has 0 spiro atoms. The van der Waals surface area contributed by atoms with Gasteiger partial charge >= 0.3 is 0 Å². The van der Waals surface area contributed by atoms with Gasteiger partial charge in [0.2, 0.25) is 0 Å². The monoisotopic (exact) mass is 336 g/mol. The molecule has 0 atom stereocenters. The van der Waals surface area contributed by atoms with E-state index in [1.807, 2.05) is 18.2 Å². The molecule has 0 radical (unpaired) electrons. The molecule has 0 amide bonds. The lowest BCUT2D eigenvalue weighted by molar-refractivity contribution is 0.229. The van der Waals surface area contributed by atoms with E-state index in [4.69, 9.17) is 0 Å². The summed E-state index contributed by atoms with van der Waals surface area (Å²) in [6.45, 7) is 6.30. The van der Waals surface area contributed by atoms with Crippen molar-refractivity contribution in [1.82, 2.24) is 9.80 Å². The Balaban J connectivity index is 1.98. The number of nitriles is 1. The number of nitrogens with zero attached hydrogens (tertiary/aromatic N) is 4. The molecular weight excluding hydrogens is 316 g/mol. The number of hydrogen-bond donors (Lipinski definition) is 0. The Morgan fingerprint density at radius 2 is 1.95 bits per heavy atom. The van der Waals surface area contributed by atoms with Crippen molar-refractivity contribution in [1.29, 1.82) is 5.26 Å². The van der Waals surface area contributed by atoms with E-state index in [-0.39, 0.29) is 0 Å². The van der Waals surface area contributed by atoms with Gasteiger partial charge in [0.05, 0.1) is 11.3 Å². The average Bonchev–Trinajstić information content (AvgIpc) is 2.45. The molecule has 0 aliphatic carbocycles. The SMILES string of the molecule is CN(C)CCN1CCN(c2cccc(Br)c2C#N)CC1. The lowest BCUT2D eigenvalue weighted by atomic mass is 10.1. The number of anilines is 1. The van der Waals surface area contributed by atoms with Crippen LogP contribution in [-0.4, -0.2) is 63.2 Å². The third-order valence-electron chi connectivity index (χ3n) is 3.68. The van der Waals surface area contributed by atoms with Gasteiger partial charge in [-0.25, -0.2) is 0 Å². The van der Waals surface area contributed by atoms with Crippen LogP contribution in [-0.2, 0) is 0 Å². The Kier molecular flexibility index (Phi) is 5.41. The summed E-state index contributed by atoms with van der Waals surface area (Å²) in [5.41, 5.74) is 1.79. The third kappa shape index (κ3) is 3.72. The first kappa shape index (κ1) is 15.3. The highest BCUT2D eigenvalue weighted by Gasteiger charge is 2.19. The van der Waals surface area contributed by atoms with Gasteiger partial charge in [-0.1, -0.05) is 6.07 Å². The third-order valence-corrected chi connectivity index (χ3v) is 4.34. The van der Waals surface area contributed by atoms with E-state index in [9.17, 15) is 5.26 Å². The second-order valence-corrected chi connectivity index (χ2v) is 6.23. The van der Waals surface area contributed by atoms with Crippen LogP contribution >= 0.6 is 15.9 Å². The van der Waals surface area contributed by atoms with E-state index in [2.05, 4.69) is 50.8 Å². The Bertz CT molecular complexity index is 487. The van der Waals surface area contributed by atoms with Gasteiger partial charge in [-0.3, -0.25) is 4.90 Å². The van der Waals surface area contributed by atoms with Gasteiger partial charge in [-0.15, -0.1) is 0 Å². The quantitative estimate of drug-likeness (QED) is 0.842. The van der Waals surface area contributed by atoms with Gasteiger partial charge in [0.1, 0.15) is 6.07 Å². The Morgan fingerprint density at radius 3 is 2.55 bits per heavy atom. The minimum absolute atomic E-state index is 0.745. The lowest BCUT2D eigenvalue weighted by Crippen LogP contribution is -2.48. The highest BCUT2D eigenvalue weighted by atomic mass is 79.9. The van der Waals surface area contributed by atoms with Crippen molar-refractivity contribution < 1.29 is 0 Å². The zero-order chi connectivity index (χ0) is 14.5. The van der Waals surface area contributed by atoms with Gasteiger partial charge < -0.3 is 9.80 Å². The highest BCUT2D eigenvalue weighted by Crippen LogP contribution is 2.27. The number of hydrogen-bond acceptors (Lipinski definition) is 4. The van der Waals surface area contributed by atoms with Crippen molar-refractivity contribution in [3.8, 4) is 6.07 Å². The van der Waals surface area contributed by atoms with Crippen LogP contribution in [0.3, 0.4) is 0 Å². The molecular formula is C15H21BrN4. The van der Waals surface area contributed by atoms with Crippen molar-refractivity contribution in [3.63, 3.8) is 0 Å². The maximum atomic E-state index is 9.30. The molecule has 108 valence electrons. The van der Waals surface area contributed by atoms with Gasteiger partial charge in [-0.05, 0) is 42.2 Å². The first-order valence-corrected chi connectivity index (χ1v) is 7.72. The molecule has 0 saturated carbocycles. The van der Waals surface area contributed by atoms with Crippen LogP contribution in [0.2, 0.25) is 0 Å². The lowest BCUT2D eigenvalue weighted by Gasteiger charge is -2.37. The van der Waals surface area contributed by atoms with Crippen LogP contribution in [0.5, 0.6) is 0 Å². The number of rotatable bonds is 4. The maximum absolute atomic E-state index is 9.30. The summed E-state index contributed by atoms with van der Waals surface area (Å²) in [5, 5.41) is 9.30. The van der Waals surface area contributed by atoms with Gasteiger partial charge in [-0.2, -0.15) is 5.26 Å².